The Morgan fingerprint density at radius 3 is 2.22 bits per heavy atom. The highest BCUT2D eigenvalue weighted by Crippen LogP contribution is 2.20. The van der Waals surface area contributed by atoms with Crippen LogP contribution in [0.25, 0.3) is 0 Å². The van der Waals surface area contributed by atoms with Gasteiger partial charge in [0.25, 0.3) is 0 Å². The van der Waals surface area contributed by atoms with Gasteiger partial charge < -0.3 is 20.1 Å². The molecule has 0 radical (unpaired) electrons. The molecule has 0 aliphatic heterocycles. The topological polar surface area (TPSA) is 71.6 Å². The molecule has 0 heterocycles. The summed E-state index contributed by atoms with van der Waals surface area (Å²) < 4.78 is 10.2. The molecule has 0 fully saturated rings. The van der Waals surface area contributed by atoms with Crippen molar-refractivity contribution < 1.29 is 9.47 Å². The Bertz CT molecular complexity index is 232. The van der Waals surface area contributed by atoms with Gasteiger partial charge in [-0.15, -0.1) is 0 Å². The Hall–Kier alpha value is -0.650. The lowest BCUT2D eigenvalue weighted by atomic mass is 9.88. The lowest BCUT2D eigenvalue weighted by molar-refractivity contribution is 0.127. The Labute approximate surface area is 111 Å². The molecular weight excluding hydrogens is 230 g/mol. The second-order valence-electron chi connectivity index (χ2n) is 5.23. The number of methoxy groups -OCH3 is 2. The molecule has 0 rings (SSSR count). The standard InChI is InChI=1S/C13H29N3O2/c1-13(2,12(14)15)6-8-16(9-11-18-4)7-5-10-17-3/h5-11H2,1-4H3,(H3,14,15). The number of rotatable bonds is 11. The minimum atomic E-state index is -0.230. The van der Waals surface area contributed by atoms with Gasteiger partial charge in [-0.2, -0.15) is 0 Å². The molecule has 3 N–H and O–H groups in total. The number of nitrogens with zero attached hydrogens (tertiary/aromatic N) is 1. The Morgan fingerprint density at radius 2 is 1.72 bits per heavy atom. The van der Waals surface area contributed by atoms with Gasteiger partial charge in [0.05, 0.1) is 12.4 Å². The van der Waals surface area contributed by atoms with E-state index in [0.717, 1.165) is 45.7 Å². The molecule has 108 valence electrons. The third kappa shape index (κ3) is 7.63. The van der Waals surface area contributed by atoms with Crippen LogP contribution in [0.3, 0.4) is 0 Å². The van der Waals surface area contributed by atoms with Gasteiger partial charge >= 0.3 is 0 Å². The number of hydrogen-bond donors (Lipinski definition) is 2. The van der Waals surface area contributed by atoms with Gasteiger partial charge in [-0.3, -0.25) is 5.41 Å². The van der Waals surface area contributed by atoms with E-state index in [9.17, 15) is 0 Å². The van der Waals surface area contributed by atoms with E-state index in [0.29, 0.717) is 0 Å². The van der Waals surface area contributed by atoms with Crippen LogP contribution in [0.2, 0.25) is 0 Å². The molecule has 0 unspecified atom stereocenters. The minimum Gasteiger partial charge on any atom is -0.387 e. The van der Waals surface area contributed by atoms with Crippen LogP contribution in [0.5, 0.6) is 0 Å². The molecule has 0 amide bonds. The van der Waals surface area contributed by atoms with E-state index in [-0.39, 0.29) is 11.3 Å². The predicted molar refractivity (Wildman–Crippen MR) is 75.1 cm³/mol. The number of nitrogens with one attached hydrogen (secondary N) is 1. The van der Waals surface area contributed by atoms with Crippen molar-refractivity contribution in [1.82, 2.24) is 4.90 Å². The summed E-state index contributed by atoms with van der Waals surface area (Å²) in [4.78, 5) is 2.34. The summed E-state index contributed by atoms with van der Waals surface area (Å²) >= 11 is 0. The highest BCUT2D eigenvalue weighted by Gasteiger charge is 2.22. The molecule has 0 spiro atoms. The monoisotopic (exact) mass is 259 g/mol. The molecule has 0 atom stereocenters. The summed E-state index contributed by atoms with van der Waals surface area (Å²) in [6.45, 7) is 8.37. The summed E-state index contributed by atoms with van der Waals surface area (Å²) in [5.74, 6) is 0.256. The van der Waals surface area contributed by atoms with Crippen LogP contribution in [0.1, 0.15) is 26.7 Å². The minimum absolute atomic E-state index is 0.230. The maximum absolute atomic E-state index is 7.56. The molecule has 0 bridgehead atoms. The predicted octanol–water partition coefficient (Wildman–Crippen LogP) is 1.32. The molecule has 0 aromatic carbocycles. The van der Waals surface area contributed by atoms with Crippen molar-refractivity contribution in [3.63, 3.8) is 0 Å². The fraction of sp³-hybridized carbons (Fsp3) is 0.923. The van der Waals surface area contributed by atoms with Crippen molar-refractivity contribution in [2.75, 3.05) is 47.1 Å². The zero-order valence-electron chi connectivity index (χ0n) is 12.3. The largest absolute Gasteiger partial charge is 0.387 e. The fourth-order valence-corrected chi connectivity index (χ4v) is 1.56. The van der Waals surface area contributed by atoms with Crippen LogP contribution in [-0.2, 0) is 9.47 Å². The van der Waals surface area contributed by atoms with E-state index >= 15 is 0 Å². The van der Waals surface area contributed by atoms with Crippen LogP contribution in [0.4, 0.5) is 0 Å². The number of ether oxygens (including phenoxy) is 2. The van der Waals surface area contributed by atoms with Crippen molar-refractivity contribution in [2.24, 2.45) is 11.1 Å². The second-order valence-corrected chi connectivity index (χ2v) is 5.23. The Balaban J connectivity index is 4.09. The van der Waals surface area contributed by atoms with Crippen molar-refractivity contribution in [3.05, 3.63) is 0 Å². The quantitative estimate of drug-likeness (QED) is 0.333. The lowest BCUT2D eigenvalue weighted by Gasteiger charge is -2.28. The van der Waals surface area contributed by atoms with Gasteiger partial charge in [-0.05, 0) is 19.4 Å². The number of nitrogens with two attached hydrogens (primary N) is 1. The maximum atomic E-state index is 7.56. The molecule has 0 saturated heterocycles. The maximum Gasteiger partial charge on any atom is 0.0963 e. The summed E-state index contributed by atoms with van der Waals surface area (Å²) in [5, 5.41) is 7.56. The molecule has 5 heteroatoms. The molecular formula is C13H29N3O2. The highest BCUT2D eigenvalue weighted by atomic mass is 16.5. The smallest absolute Gasteiger partial charge is 0.0963 e. The van der Waals surface area contributed by atoms with Crippen molar-refractivity contribution in [3.8, 4) is 0 Å². The van der Waals surface area contributed by atoms with Crippen LogP contribution in [-0.4, -0.2) is 57.8 Å². The molecule has 0 aliphatic carbocycles. The third-order valence-corrected chi connectivity index (χ3v) is 3.22. The van der Waals surface area contributed by atoms with Gasteiger partial charge in [0, 0.05) is 39.3 Å². The average molecular weight is 259 g/mol. The van der Waals surface area contributed by atoms with E-state index in [2.05, 4.69) is 4.90 Å². The Kier molecular flexibility index (Phi) is 8.97. The van der Waals surface area contributed by atoms with Gasteiger partial charge in [-0.25, -0.2) is 0 Å². The number of hydrogen-bond acceptors (Lipinski definition) is 4. The van der Waals surface area contributed by atoms with Crippen LogP contribution in [0, 0.1) is 10.8 Å². The van der Waals surface area contributed by atoms with Crippen molar-refractivity contribution in [2.45, 2.75) is 26.7 Å². The molecule has 0 saturated carbocycles. The summed E-state index contributed by atoms with van der Waals surface area (Å²) in [5.41, 5.74) is 5.37. The third-order valence-electron chi connectivity index (χ3n) is 3.22. The second kappa shape index (κ2) is 9.30. The Morgan fingerprint density at radius 1 is 1.11 bits per heavy atom. The summed E-state index contributed by atoms with van der Waals surface area (Å²) in [7, 11) is 3.44. The zero-order valence-corrected chi connectivity index (χ0v) is 12.3. The normalized spacial score (nSPS) is 12.1. The molecule has 18 heavy (non-hydrogen) atoms. The first-order chi connectivity index (χ1) is 8.44. The average Bonchev–Trinajstić information content (AvgIpc) is 2.32. The van der Waals surface area contributed by atoms with Crippen LogP contribution in [0.15, 0.2) is 0 Å². The first kappa shape index (κ1) is 17.4. The molecule has 5 nitrogen and oxygen atoms in total. The van der Waals surface area contributed by atoms with Crippen LogP contribution < -0.4 is 5.73 Å². The van der Waals surface area contributed by atoms with E-state index in [1.54, 1.807) is 14.2 Å². The molecule has 0 aliphatic rings. The molecule has 0 aromatic rings. The lowest BCUT2D eigenvalue weighted by Crippen LogP contribution is -2.37. The first-order valence-electron chi connectivity index (χ1n) is 6.48. The van der Waals surface area contributed by atoms with Gasteiger partial charge in [0.15, 0.2) is 0 Å². The van der Waals surface area contributed by atoms with E-state index in [1.807, 2.05) is 13.8 Å². The highest BCUT2D eigenvalue weighted by molar-refractivity contribution is 5.82. The van der Waals surface area contributed by atoms with E-state index < -0.39 is 0 Å². The summed E-state index contributed by atoms with van der Waals surface area (Å²) in [6, 6.07) is 0. The van der Waals surface area contributed by atoms with Gasteiger partial charge in [0.2, 0.25) is 0 Å². The van der Waals surface area contributed by atoms with Crippen LogP contribution >= 0.6 is 0 Å². The van der Waals surface area contributed by atoms with Gasteiger partial charge in [0.1, 0.15) is 0 Å². The fourth-order valence-electron chi connectivity index (χ4n) is 1.56. The number of amidine groups is 1. The van der Waals surface area contributed by atoms with E-state index in [1.165, 1.54) is 0 Å². The SMILES string of the molecule is COCCCN(CCOC)CCC(C)(C)C(=N)N. The van der Waals surface area contributed by atoms with E-state index in [4.69, 9.17) is 20.6 Å². The summed E-state index contributed by atoms with van der Waals surface area (Å²) in [6.07, 6.45) is 1.90. The van der Waals surface area contributed by atoms with Crippen molar-refractivity contribution in [1.29, 1.82) is 5.41 Å². The first-order valence-corrected chi connectivity index (χ1v) is 6.48. The molecule has 0 aromatic heterocycles. The van der Waals surface area contributed by atoms with Gasteiger partial charge in [-0.1, -0.05) is 13.8 Å². The zero-order chi connectivity index (χ0) is 14.0. The van der Waals surface area contributed by atoms with Crippen molar-refractivity contribution >= 4 is 5.84 Å².